The molecule has 0 aliphatic heterocycles. The Morgan fingerprint density at radius 3 is 1.97 bits per heavy atom. The molecule has 0 spiro atoms. The zero-order valence-electron chi connectivity index (χ0n) is 18.3. The quantitative estimate of drug-likeness (QED) is 0.0626. The number of non-ortho nitro benzene ring substituents is 1. The highest BCUT2D eigenvalue weighted by Gasteiger charge is 2.28. The van der Waals surface area contributed by atoms with Gasteiger partial charge in [-0.15, -0.1) is 3.89 Å². The Hall–Kier alpha value is -3.96. The lowest BCUT2D eigenvalue weighted by molar-refractivity contribution is -0.646. The van der Waals surface area contributed by atoms with Gasteiger partial charge >= 0.3 is 5.97 Å². The number of esters is 1. The summed E-state index contributed by atoms with van der Waals surface area (Å²) in [6, 6.07) is 18.4. The molecule has 4 rings (SSSR count). The summed E-state index contributed by atoms with van der Waals surface area (Å²) in [6.45, 7) is 3.39. The summed E-state index contributed by atoms with van der Waals surface area (Å²) in [4.78, 5) is 23.9. The van der Waals surface area contributed by atoms with Crippen LogP contribution in [0.4, 0.5) is 9.57 Å². The van der Waals surface area contributed by atoms with Crippen LogP contribution in [0.15, 0.2) is 60.7 Å². The highest BCUT2D eigenvalue weighted by molar-refractivity contribution is 7.80. The van der Waals surface area contributed by atoms with Crippen molar-refractivity contribution in [1.82, 2.24) is 0 Å². The average molecular weight is 486 g/mol. The van der Waals surface area contributed by atoms with Crippen LogP contribution in [0.3, 0.4) is 0 Å². The topological polar surface area (TPSA) is 131 Å². The van der Waals surface area contributed by atoms with Crippen molar-refractivity contribution in [3.05, 3.63) is 87.6 Å². The molecule has 0 aliphatic rings. The molecule has 0 saturated carbocycles. The van der Waals surface area contributed by atoms with E-state index in [9.17, 15) is 18.8 Å². The zero-order valence-corrected chi connectivity index (χ0v) is 19.1. The number of hydrogen-bond donors (Lipinski definition) is 0. The maximum atomic E-state index is 13.2. The van der Waals surface area contributed by atoms with E-state index in [1.807, 2.05) is 60.1 Å². The van der Waals surface area contributed by atoms with E-state index >= 15 is 0 Å². The van der Waals surface area contributed by atoms with E-state index in [4.69, 9.17) is 17.7 Å². The number of benzene rings is 3. The summed E-state index contributed by atoms with van der Waals surface area (Å²) in [5.74, 6) is -0.160. The third kappa shape index (κ3) is 5.33. The lowest BCUT2D eigenvalue weighted by Gasteiger charge is -2.12. The lowest BCUT2D eigenvalue weighted by Crippen LogP contribution is -2.39. The van der Waals surface area contributed by atoms with Gasteiger partial charge in [0.2, 0.25) is 5.52 Å². The second-order valence-electron chi connectivity index (χ2n) is 7.42. The number of ether oxygens (including phenoxy) is 1. The number of nitro benzene ring substituents is 1. The van der Waals surface area contributed by atoms with Crippen LogP contribution in [-0.2, 0) is 17.6 Å². The van der Waals surface area contributed by atoms with Gasteiger partial charge in [0.1, 0.15) is 12.8 Å². The summed E-state index contributed by atoms with van der Waals surface area (Å²) < 4.78 is 42.9. The first kappa shape index (κ1) is 24.7. The van der Waals surface area contributed by atoms with Gasteiger partial charge in [0.25, 0.3) is 21.9 Å². The van der Waals surface area contributed by atoms with Crippen LogP contribution in [0.1, 0.15) is 21.6 Å². The number of hydrogen-bond acceptors (Lipinski definition) is 7. The second-order valence-corrected chi connectivity index (χ2v) is 8.20. The van der Waals surface area contributed by atoms with Crippen molar-refractivity contribution in [2.45, 2.75) is 13.8 Å². The van der Waals surface area contributed by atoms with Gasteiger partial charge in [-0.3, -0.25) is 10.1 Å². The molecule has 0 unspecified atom stereocenters. The third-order valence-corrected chi connectivity index (χ3v) is 5.12. The molecule has 0 radical (unpaired) electrons. The van der Waals surface area contributed by atoms with Crippen LogP contribution in [0, 0.1) is 24.0 Å². The maximum Gasteiger partial charge on any atom is 0.409 e. The normalized spacial score (nSPS) is 11.1. The van der Waals surface area contributed by atoms with Crippen LogP contribution in [0.25, 0.3) is 21.7 Å². The zero-order chi connectivity index (χ0) is 25.2. The lowest BCUT2D eigenvalue weighted by atomic mass is 10.0. The number of carbonyl (C=O) groups excluding carboxylic acids is 1. The molecule has 1 aromatic heterocycles. The number of aromatic nitrogens is 1. The minimum atomic E-state index is -5.42. The molecule has 34 heavy (non-hydrogen) atoms. The van der Waals surface area contributed by atoms with Gasteiger partial charge in [-0.25, -0.2) is 13.2 Å². The molecule has 0 bridgehead atoms. The summed E-state index contributed by atoms with van der Waals surface area (Å²) >= 11 is 0. The summed E-state index contributed by atoms with van der Waals surface area (Å²) in [6.07, 6.45) is 0. The molecule has 9 nitrogen and oxygen atoms in total. The van der Waals surface area contributed by atoms with Crippen molar-refractivity contribution < 1.29 is 35.9 Å². The van der Waals surface area contributed by atoms with E-state index in [1.54, 1.807) is 13.8 Å². The fourth-order valence-corrected chi connectivity index (χ4v) is 3.80. The van der Waals surface area contributed by atoms with Crippen LogP contribution < -0.4 is 9.30 Å². The molecule has 0 fully saturated rings. The van der Waals surface area contributed by atoms with Gasteiger partial charge in [-0.2, -0.15) is 4.57 Å². The van der Waals surface area contributed by atoms with Crippen molar-refractivity contribution in [2.24, 2.45) is 7.05 Å². The number of fused-ring (bicyclic) bond motifs is 3. The minimum absolute atomic E-state index is 0.0264. The summed E-state index contributed by atoms with van der Waals surface area (Å²) in [7, 11) is -3.58. The Balaban J connectivity index is 0.000000588. The first-order valence-electron chi connectivity index (χ1n) is 9.81. The number of para-hydroxylation sites is 1. The monoisotopic (exact) mass is 486 g/mol. The fraction of sp³-hybridized carbons (Fsp3) is 0.130. The van der Waals surface area contributed by atoms with Gasteiger partial charge in [0.05, 0.1) is 15.7 Å². The third-order valence-electron chi connectivity index (χ3n) is 5.12. The molecule has 0 aliphatic carbocycles. The predicted octanol–water partition coefficient (Wildman–Crippen LogP) is 3.98. The molecule has 11 heteroatoms. The van der Waals surface area contributed by atoms with E-state index in [0.717, 1.165) is 21.7 Å². The highest BCUT2D eigenvalue weighted by Crippen LogP contribution is 2.30. The molecule has 3 aromatic carbocycles. The van der Waals surface area contributed by atoms with E-state index in [0.29, 0.717) is 22.6 Å². The first-order valence-corrected chi connectivity index (χ1v) is 11.1. The first-order chi connectivity index (χ1) is 15.9. The minimum Gasteiger partial charge on any atom is -0.722 e. The van der Waals surface area contributed by atoms with Crippen LogP contribution in [0.2, 0.25) is 0 Å². The largest absolute Gasteiger partial charge is 0.722 e. The molecule has 4 aromatic rings. The van der Waals surface area contributed by atoms with E-state index < -0.39 is 21.4 Å². The summed E-state index contributed by atoms with van der Waals surface area (Å²) in [5, 5.41) is 13.9. The van der Waals surface area contributed by atoms with Gasteiger partial charge < -0.3 is 9.29 Å². The van der Waals surface area contributed by atoms with Gasteiger partial charge in [0.15, 0.2) is 0 Å². The Bertz CT molecular complexity index is 1520. The number of nitrogens with zero attached hydrogens (tertiary/aromatic N) is 2. The smallest absolute Gasteiger partial charge is 0.409 e. The molecule has 0 atom stereocenters. The van der Waals surface area contributed by atoms with Gasteiger partial charge in [0, 0.05) is 23.6 Å². The average Bonchev–Trinajstić information content (AvgIpc) is 2.75. The van der Waals surface area contributed by atoms with Gasteiger partial charge in [-0.1, -0.05) is 30.3 Å². The second kappa shape index (κ2) is 9.49. The van der Waals surface area contributed by atoms with Crippen LogP contribution in [-0.4, -0.2) is 23.9 Å². The fourth-order valence-electron chi connectivity index (χ4n) is 3.80. The number of nitro groups is 1. The molecule has 0 saturated heterocycles. The van der Waals surface area contributed by atoms with Crippen molar-refractivity contribution >= 4 is 43.8 Å². The van der Waals surface area contributed by atoms with Crippen LogP contribution in [0.5, 0.6) is 5.75 Å². The highest BCUT2D eigenvalue weighted by atomic mass is 32.3. The Morgan fingerprint density at radius 1 is 0.971 bits per heavy atom. The molecular weight excluding hydrogens is 467 g/mol. The van der Waals surface area contributed by atoms with Crippen LogP contribution >= 0.6 is 0 Å². The number of halogens is 1. The molecular formula is C23H19FN2O7S. The molecule has 1 heterocycles. The number of rotatable bonds is 3. The maximum absolute atomic E-state index is 13.2. The van der Waals surface area contributed by atoms with Gasteiger partial charge in [-0.05, 0) is 37.1 Å². The number of pyridine rings is 1. The number of aryl methyl sites for hydroxylation is 3. The van der Waals surface area contributed by atoms with E-state index in [-0.39, 0.29) is 5.69 Å². The predicted molar refractivity (Wildman–Crippen MR) is 121 cm³/mol. The van der Waals surface area contributed by atoms with E-state index in [2.05, 4.69) is 0 Å². The SMILES string of the molecule is Cc1cc([N+](=O)[O-])cc(C)c1OC(=O)c1c2ccccc2c2ccccc2[n+]1C.O=S(=O)([O-])F. The Morgan fingerprint density at radius 2 is 1.44 bits per heavy atom. The van der Waals surface area contributed by atoms with Crippen molar-refractivity contribution in [1.29, 1.82) is 0 Å². The number of carbonyl (C=O) groups is 1. The van der Waals surface area contributed by atoms with Crippen molar-refractivity contribution in [3.8, 4) is 5.75 Å². The van der Waals surface area contributed by atoms with E-state index in [1.165, 1.54) is 12.1 Å². The molecule has 176 valence electrons. The summed E-state index contributed by atoms with van der Waals surface area (Å²) in [5.41, 5.74) is 2.39. The van der Waals surface area contributed by atoms with Crippen molar-refractivity contribution in [2.75, 3.05) is 0 Å². The standard InChI is InChI=1S/C23H19N2O4.FHO3S/c1-14-12-16(25(27)28)13-15(2)22(14)29-23(26)21-19-10-5-4-8-17(19)18-9-6-7-11-20(18)24(21)3;1-5(2,3)4/h4-13H,1-3H3;(H,2,3,4)/q+1;/p-1. The Labute approximate surface area is 194 Å². The molecule has 0 N–H and O–H groups in total. The van der Waals surface area contributed by atoms with Crippen molar-refractivity contribution in [3.63, 3.8) is 0 Å². The molecule has 0 amide bonds. The Kier molecular flexibility index (Phi) is 6.89.